The summed E-state index contributed by atoms with van der Waals surface area (Å²) in [6.07, 6.45) is 0. The molecule has 0 N–H and O–H groups in total. The average Bonchev–Trinajstić information content (AvgIpc) is 2.44. The molecule has 19 heavy (non-hydrogen) atoms. The summed E-state index contributed by atoms with van der Waals surface area (Å²) >= 11 is 0. The number of rotatable bonds is 7. The molecule has 0 bridgehead atoms. The van der Waals surface area contributed by atoms with Gasteiger partial charge in [-0.3, -0.25) is 4.90 Å². The van der Waals surface area contributed by atoms with Crippen LogP contribution in [0, 0.1) is 0 Å². The molecule has 0 radical (unpaired) electrons. The summed E-state index contributed by atoms with van der Waals surface area (Å²) in [5.41, 5.74) is 1.76. The number of carbonyl (C=O) groups excluding carboxylic acids is 1. The van der Waals surface area contributed by atoms with Crippen LogP contribution in [0.4, 0.5) is 0 Å². The van der Waals surface area contributed by atoms with Crippen molar-refractivity contribution in [3.63, 3.8) is 0 Å². The van der Waals surface area contributed by atoms with Gasteiger partial charge >= 0.3 is 5.97 Å². The molecule has 0 aliphatic heterocycles. The zero-order valence-corrected chi connectivity index (χ0v) is 12.2. The quantitative estimate of drug-likeness (QED) is 0.709. The summed E-state index contributed by atoms with van der Waals surface area (Å²) in [5, 5.41) is 0. The second-order valence-corrected chi connectivity index (χ2v) is 4.56. The van der Waals surface area contributed by atoms with Gasteiger partial charge in [-0.2, -0.15) is 0 Å². The van der Waals surface area contributed by atoms with E-state index in [9.17, 15) is 4.79 Å². The molecule has 4 nitrogen and oxygen atoms in total. The molecule has 0 saturated heterocycles. The van der Waals surface area contributed by atoms with E-state index >= 15 is 0 Å². The molecule has 1 aromatic rings. The van der Waals surface area contributed by atoms with Crippen LogP contribution < -0.4 is 0 Å². The Morgan fingerprint density at radius 2 is 1.89 bits per heavy atom. The minimum Gasteiger partial charge on any atom is -0.465 e. The largest absolute Gasteiger partial charge is 0.465 e. The van der Waals surface area contributed by atoms with Gasteiger partial charge in [-0.1, -0.05) is 19.1 Å². The highest BCUT2D eigenvalue weighted by Crippen LogP contribution is 2.11. The van der Waals surface area contributed by atoms with Crippen molar-refractivity contribution in [2.24, 2.45) is 0 Å². The summed E-state index contributed by atoms with van der Waals surface area (Å²) in [7, 11) is 3.11. The topological polar surface area (TPSA) is 38.8 Å². The van der Waals surface area contributed by atoms with Crippen molar-refractivity contribution >= 4 is 5.97 Å². The number of hydrogen-bond donors (Lipinski definition) is 0. The van der Waals surface area contributed by atoms with Crippen LogP contribution in [-0.4, -0.2) is 44.3 Å². The highest BCUT2D eigenvalue weighted by molar-refractivity contribution is 5.89. The van der Waals surface area contributed by atoms with Crippen molar-refractivity contribution in [1.29, 1.82) is 0 Å². The van der Waals surface area contributed by atoms with Crippen LogP contribution in [0.3, 0.4) is 0 Å². The highest BCUT2D eigenvalue weighted by Gasteiger charge is 2.12. The normalized spacial score (nSPS) is 12.5. The fourth-order valence-electron chi connectivity index (χ4n) is 2.02. The summed E-state index contributed by atoms with van der Waals surface area (Å²) in [5.74, 6) is -0.299. The average molecular weight is 265 g/mol. The minimum atomic E-state index is -0.299. The van der Waals surface area contributed by atoms with Gasteiger partial charge in [0, 0.05) is 19.7 Å². The predicted octanol–water partition coefficient (Wildman–Crippen LogP) is 2.33. The van der Waals surface area contributed by atoms with Crippen molar-refractivity contribution in [2.45, 2.75) is 26.4 Å². The lowest BCUT2D eigenvalue weighted by molar-refractivity contribution is 0.0600. The number of ether oxygens (including phenoxy) is 2. The number of nitrogens with zero attached hydrogens (tertiary/aromatic N) is 1. The lowest BCUT2D eigenvalue weighted by Crippen LogP contribution is -2.35. The van der Waals surface area contributed by atoms with Gasteiger partial charge in [-0.15, -0.1) is 0 Å². The van der Waals surface area contributed by atoms with Crippen molar-refractivity contribution in [3.8, 4) is 0 Å². The Hall–Kier alpha value is -1.39. The smallest absolute Gasteiger partial charge is 0.337 e. The molecular formula is C15H23NO3. The molecule has 0 fully saturated rings. The molecule has 1 atom stereocenters. The van der Waals surface area contributed by atoms with Crippen LogP contribution in [-0.2, 0) is 16.0 Å². The number of methoxy groups -OCH3 is 2. The lowest BCUT2D eigenvalue weighted by atomic mass is 10.1. The minimum absolute atomic E-state index is 0.299. The number of hydrogen-bond acceptors (Lipinski definition) is 4. The van der Waals surface area contributed by atoms with Crippen LogP contribution in [0.1, 0.15) is 29.8 Å². The first kappa shape index (κ1) is 15.7. The van der Waals surface area contributed by atoms with Crippen molar-refractivity contribution in [1.82, 2.24) is 4.90 Å². The van der Waals surface area contributed by atoms with Gasteiger partial charge in [0.25, 0.3) is 0 Å². The first-order valence-electron chi connectivity index (χ1n) is 6.52. The Morgan fingerprint density at radius 1 is 1.26 bits per heavy atom. The maximum absolute atomic E-state index is 11.3. The lowest BCUT2D eigenvalue weighted by Gasteiger charge is -2.27. The zero-order chi connectivity index (χ0) is 14.3. The monoisotopic (exact) mass is 265 g/mol. The van der Waals surface area contributed by atoms with Gasteiger partial charge < -0.3 is 9.47 Å². The van der Waals surface area contributed by atoms with E-state index in [-0.39, 0.29) is 5.97 Å². The zero-order valence-electron chi connectivity index (χ0n) is 12.2. The highest BCUT2D eigenvalue weighted by atomic mass is 16.5. The molecule has 1 rings (SSSR count). The number of likely N-dealkylation sites (N-methyl/N-ethyl adjacent to an activating group) is 1. The number of benzene rings is 1. The van der Waals surface area contributed by atoms with Crippen molar-refractivity contribution in [2.75, 3.05) is 27.4 Å². The first-order chi connectivity index (χ1) is 9.12. The fraction of sp³-hybridized carbons (Fsp3) is 0.533. The summed E-state index contributed by atoms with van der Waals surface area (Å²) < 4.78 is 9.87. The molecule has 106 valence electrons. The van der Waals surface area contributed by atoms with E-state index in [1.807, 2.05) is 12.1 Å². The Bertz CT molecular complexity index is 389. The van der Waals surface area contributed by atoms with Gasteiger partial charge in [0.15, 0.2) is 0 Å². The third-order valence-electron chi connectivity index (χ3n) is 3.20. The molecule has 4 heteroatoms. The molecule has 0 amide bonds. The van der Waals surface area contributed by atoms with Crippen LogP contribution in [0.5, 0.6) is 0 Å². The molecule has 0 saturated carbocycles. The van der Waals surface area contributed by atoms with E-state index in [4.69, 9.17) is 4.74 Å². The Kier molecular flexibility index (Phi) is 6.53. The molecular weight excluding hydrogens is 242 g/mol. The predicted molar refractivity (Wildman–Crippen MR) is 75.2 cm³/mol. The second kappa shape index (κ2) is 7.92. The van der Waals surface area contributed by atoms with E-state index in [0.29, 0.717) is 18.2 Å². The van der Waals surface area contributed by atoms with E-state index in [1.165, 1.54) is 12.7 Å². The number of carbonyl (C=O) groups is 1. The Labute approximate surface area is 115 Å². The third-order valence-corrected chi connectivity index (χ3v) is 3.20. The van der Waals surface area contributed by atoms with Gasteiger partial charge in [0.2, 0.25) is 0 Å². The Morgan fingerprint density at radius 3 is 2.37 bits per heavy atom. The Balaban J connectivity index is 2.67. The molecule has 0 aliphatic carbocycles. The number of esters is 1. The van der Waals surface area contributed by atoms with Crippen LogP contribution in [0.25, 0.3) is 0 Å². The second-order valence-electron chi connectivity index (χ2n) is 4.56. The van der Waals surface area contributed by atoms with Crippen LogP contribution in [0.2, 0.25) is 0 Å². The summed E-state index contributed by atoms with van der Waals surface area (Å²) in [6, 6.07) is 7.91. The third kappa shape index (κ3) is 4.65. The molecule has 0 spiro atoms. The van der Waals surface area contributed by atoms with E-state index in [2.05, 4.69) is 23.5 Å². The van der Waals surface area contributed by atoms with Crippen molar-refractivity contribution < 1.29 is 14.3 Å². The molecule has 0 heterocycles. The first-order valence-corrected chi connectivity index (χ1v) is 6.52. The fourth-order valence-corrected chi connectivity index (χ4v) is 2.02. The van der Waals surface area contributed by atoms with Crippen LogP contribution >= 0.6 is 0 Å². The van der Waals surface area contributed by atoms with E-state index < -0.39 is 0 Å². The molecule has 1 aromatic carbocycles. The maximum atomic E-state index is 11.3. The van der Waals surface area contributed by atoms with Gasteiger partial charge in [-0.05, 0) is 31.2 Å². The molecule has 0 aromatic heterocycles. The van der Waals surface area contributed by atoms with Gasteiger partial charge in [-0.25, -0.2) is 4.79 Å². The summed E-state index contributed by atoms with van der Waals surface area (Å²) in [6.45, 7) is 6.81. The van der Waals surface area contributed by atoms with E-state index in [1.54, 1.807) is 19.2 Å². The van der Waals surface area contributed by atoms with Gasteiger partial charge in [0.1, 0.15) is 0 Å². The maximum Gasteiger partial charge on any atom is 0.337 e. The van der Waals surface area contributed by atoms with Gasteiger partial charge in [0.05, 0.1) is 19.3 Å². The molecule has 1 unspecified atom stereocenters. The standard InChI is InChI=1S/C15H23NO3/c1-5-16(12(2)11-18-3)10-13-6-8-14(9-7-13)15(17)19-4/h6-9,12H,5,10-11H2,1-4H3. The van der Waals surface area contributed by atoms with Crippen LogP contribution in [0.15, 0.2) is 24.3 Å². The SMILES string of the molecule is CCN(Cc1ccc(C(=O)OC)cc1)C(C)COC. The molecule has 0 aliphatic rings. The van der Waals surface area contributed by atoms with Crippen molar-refractivity contribution in [3.05, 3.63) is 35.4 Å². The van der Waals surface area contributed by atoms with E-state index in [0.717, 1.165) is 13.1 Å². The summed E-state index contributed by atoms with van der Waals surface area (Å²) in [4.78, 5) is 13.7.